The Labute approximate surface area is 255 Å². The lowest BCUT2D eigenvalue weighted by Gasteiger charge is -2.28. The number of fused-ring (bicyclic) bond motifs is 1. The second kappa shape index (κ2) is 15.0. The molecule has 5 atom stereocenters. The second-order valence-corrected chi connectivity index (χ2v) is 11.0. The normalized spacial score (nSPS) is 14.6. The van der Waals surface area contributed by atoms with Crippen LogP contribution in [-0.2, 0) is 38.4 Å². The SMILES string of the molecule is CCC(C)C(NC(=O)C(Cc1ccccc1)NC(=O)C(N)Cc1cnc[nH]1)C(=O)NC(Cc1c[nH]c2ccccc12)C(=O)O. The predicted octanol–water partition coefficient (Wildman–Crippen LogP) is 1.83. The highest BCUT2D eigenvalue weighted by Gasteiger charge is 2.33. The summed E-state index contributed by atoms with van der Waals surface area (Å²) in [5, 5.41) is 19.0. The molecule has 0 fully saturated rings. The molecule has 8 N–H and O–H groups in total. The number of nitrogens with zero attached hydrogens (tertiary/aromatic N) is 1. The van der Waals surface area contributed by atoms with E-state index in [9.17, 15) is 24.3 Å². The molecule has 0 radical (unpaired) electrons. The van der Waals surface area contributed by atoms with E-state index >= 15 is 0 Å². The number of imidazole rings is 1. The van der Waals surface area contributed by atoms with Crippen molar-refractivity contribution in [2.24, 2.45) is 11.7 Å². The van der Waals surface area contributed by atoms with Crippen molar-refractivity contribution in [1.29, 1.82) is 0 Å². The zero-order valence-electron chi connectivity index (χ0n) is 24.7. The Morgan fingerprint density at radius 3 is 2.25 bits per heavy atom. The molecule has 2 heterocycles. The van der Waals surface area contributed by atoms with Gasteiger partial charge in [-0.25, -0.2) is 9.78 Å². The monoisotopic (exact) mass is 601 g/mol. The smallest absolute Gasteiger partial charge is 0.326 e. The van der Waals surface area contributed by atoms with E-state index in [1.54, 1.807) is 19.3 Å². The molecule has 3 amide bonds. The third kappa shape index (κ3) is 8.32. The summed E-state index contributed by atoms with van der Waals surface area (Å²) in [7, 11) is 0. The van der Waals surface area contributed by atoms with Gasteiger partial charge in [-0.15, -0.1) is 0 Å². The molecule has 4 aromatic rings. The van der Waals surface area contributed by atoms with Gasteiger partial charge in [-0.1, -0.05) is 68.8 Å². The quantitative estimate of drug-likeness (QED) is 0.108. The predicted molar refractivity (Wildman–Crippen MR) is 165 cm³/mol. The summed E-state index contributed by atoms with van der Waals surface area (Å²) in [6.07, 6.45) is 5.71. The van der Waals surface area contributed by atoms with Crippen molar-refractivity contribution in [3.63, 3.8) is 0 Å². The van der Waals surface area contributed by atoms with Crippen LogP contribution in [0.1, 0.15) is 37.1 Å². The summed E-state index contributed by atoms with van der Waals surface area (Å²) in [4.78, 5) is 62.5. The standard InChI is InChI=1S/C32H39N7O5/c1-3-19(2)28(31(42)38-27(32(43)44)14-21-16-35-25-12-8-7-11-23(21)25)39-30(41)26(13-20-9-5-4-6-10-20)37-29(40)24(33)15-22-17-34-18-36-22/h4-12,16-19,24,26-28,35H,3,13-15,33H2,1-2H3,(H,34,36)(H,37,40)(H,38,42)(H,39,41)(H,43,44). The van der Waals surface area contributed by atoms with Crippen LogP contribution in [0, 0.1) is 5.92 Å². The number of carbonyl (C=O) groups is 4. The van der Waals surface area contributed by atoms with E-state index in [1.807, 2.05) is 61.5 Å². The molecule has 0 bridgehead atoms. The van der Waals surface area contributed by atoms with Gasteiger partial charge in [0.1, 0.15) is 18.1 Å². The van der Waals surface area contributed by atoms with Crippen LogP contribution in [0.3, 0.4) is 0 Å². The van der Waals surface area contributed by atoms with Crippen LogP contribution in [0.4, 0.5) is 0 Å². The first-order valence-corrected chi connectivity index (χ1v) is 14.6. The van der Waals surface area contributed by atoms with Crippen LogP contribution in [0.2, 0.25) is 0 Å². The molecule has 0 spiro atoms. The number of benzene rings is 2. The molecule has 4 rings (SSSR count). The number of H-pyrrole nitrogens is 2. The van der Waals surface area contributed by atoms with Crippen molar-refractivity contribution in [2.75, 3.05) is 0 Å². The number of carboxylic acids is 1. The van der Waals surface area contributed by atoms with Crippen LogP contribution in [0.5, 0.6) is 0 Å². The van der Waals surface area contributed by atoms with E-state index in [1.165, 1.54) is 6.33 Å². The van der Waals surface area contributed by atoms with Gasteiger partial charge in [0.05, 0.1) is 12.4 Å². The van der Waals surface area contributed by atoms with Crippen LogP contribution in [-0.4, -0.2) is 67.9 Å². The molecule has 5 unspecified atom stereocenters. The molecule has 2 aromatic heterocycles. The molecule has 2 aromatic carbocycles. The molecule has 0 aliphatic carbocycles. The molecule has 12 heteroatoms. The Hall–Kier alpha value is -4.97. The highest BCUT2D eigenvalue weighted by atomic mass is 16.4. The number of hydrogen-bond donors (Lipinski definition) is 7. The van der Waals surface area contributed by atoms with Crippen molar-refractivity contribution in [3.8, 4) is 0 Å². The number of nitrogens with one attached hydrogen (secondary N) is 5. The van der Waals surface area contributed by atoms with Crippen LogP contribution >= 0.6 is 0 Å². The van der Waals surface area contributed by atoms with Crippen LogP contribution < -0.4 is 21.7 Å². The van der Waals surface area contributed by atoms with Gasteiger partial charge in [-0.05, 0) is 23.1 Å². The number of para-hydroxylation sites is 1. The number of hydrogen-bond acceptors (Lipinski definition) is 6. The van der Waals surface area contributed by atoms with Crippen molar-refractivity contribution in [2.45, 2.75) is 63.7 Å². The Bertz CT molecular complexity index is 1550. The molecule has 12 nitrogen and oxygen atoms in total. The van der Waals surface area contributed by atoms with E-state index in [2.05, 4.69) is 30.9 Å². The molecule has 0 saturated carbocycles. The van der Waals surface area contributed by atoms with E-state index in [4.69, 9.17) is 5.73 Å². The Morgan fingerprint density at radius 1 is 0.864 bits per heavy atom. The van der Waals surface area contributed by atoms with E-state index in [-0.39, 0.29) is 25.2 Å². The molecule has 0 aliphatic heterocycles. The fourth-order valence-corrected chi connectivity index (χ4v) is 5.00. The van der Waals surface area contributed by atoms with Gasteiger partial charge in [0.25, 0.3) is 0 Å². The van der Waals surface area contributed by atoms with E-state index in [0.29, 0.717) is 12.1 Å². The number of rotatable bonds is 15. The van der Waals surface area contributed by atoms with Crippen LogP contribution in [0.15, 0.2) is 73.3 Å². The first-order valence-electron chi connectivity index (χ1n) is 14.6. The maximum absolute atomic E-state index is 13.7. The summed E-state index contributed by atoms with van der Waals surface area (Å²) in [5.74, 6) is -3.28. The summed E-state index contributed by atoms with van der Waals surface area (Å²) >= 11 is 0. The number of aromatic amines is 2. The highest BCUT2D eigenvalue weighted by Crippen LogP contribution is 2.19. The number of carbonyl (C=O) groups excluding carboxylic acids is 3. The number of carboxylic acid groups (broad SMARTS) is 1. The van der Waals surface area contributed by atoms with Gasteiger partial charge >= 0.3 is 5.97 Å². The Morgan fingerprint density at radius 2 is 1.57 bits per heavy atom. The lowest BCUT2D eigenvalue weighted by atomic mass is 9.96. The maximum Gasteiger partial charge on any atom is 0.326 e. The molecule has 0 aliphatic rings. The Balaban J connectivity index is 1.50. The Kier molecular flexibility index (Phi) is 10.9. The number of amides is 3. The van der Waals surface area contributed by atoms with Gasteiger partial charge in [-0.3, -0.25) is 14.4 Å². The summed E-state index contributed by atoms with van der Waals surface area (Å²) in [5.41, 5.74) is 9.20. The minimum atomic E-state index is -1.23. The molecular formula is C32H39N7O5. The molecule has 232 valence electrons. The molecule has 44 heavy (non-hydrogen) atoms. The lowest BCUT2D eigenvalue weighted by molar-refractivity contribution is -0.142. The summed E-state index contributed by atoms with van der Waals surface area (Å²) < 4.78 is 0. The first kappa shape index (κ1) is 32.0. The topological polar surface area (TPSA) is 195 Å². The van der Waals surface area contributed by atoms with Crippen LogP contribution in [0.25, 0.3) is 10.9 Å². The number of nitrogens with two attached hydrogens (primary N) is 1. The number of aromatic nitrogens is 3. The molecular weight excluding hydrogens is 562 g/mol. The molecule has 0 saturated heterocycles. The van der Waals surface area contributed by atoms with Crippen molar-refractivity contribution >= 4 is 34.6 Å². The first-order chi connectivity index (χ1) is 21.2. The van der Waals surface area contributed by atoms with Gasteiger partial charge in [0.2, 0.25) is 17.7 Å². The van der Waals surface area contributed by atoms with Gasteiger partial charge in [0, 0.05) is 48.3 Å². The minimum absolute atomic E-state index is 0.0488. The van der Waals surface area contributed by atoms with E-state index < -0.39 is 47.9 Å². The maximum atomic E-state index is 13.7. The van der Waals surface area contributed by atoms with Crippen molar-refractivity contribution < 1.29 is 24.3 Å². The summed E-state index contributed by atoms with van der Waals surface area (Å²) in [6, 6.07) is 12.4. The van der Waals surface area contributed by atoms with Gasteiger partial charge in [0.15, 0.2) is 0 Å². The second-order valence-electron chi connectivity index (χ2n) is 11.0. The van der Waals surface area contributed by atoms with E-state index in [0.717, 1.165) is 22.0 Å². The minimum Gasteiger partial charge on any atom is -0.480 e. The van der Waals surface area contributed by atoms with Gasteiger partial charge in [-0.2, -0.15) is 0 Å². The van der Waals surface area contributed by atoms with Crippen molar-refractivity contribution in [3.05, 3.63) is 90.1 Å². The average Bonchev–Trinajstić information content (AvgIpc) is 3.69. The largest absolute Gasteiger partial charge is 0.480 e. The average molecular weight is 602 g/mol. The highest BCUT2D eigenvalue weighted by molar-refractivity contribution is 5.94. The zero-order chi connectivity index (χ0) is 31.6. The lowest BCUT2D eigenvalue weighted by Crippen LogP contribution is -2.59. The fourth-order valence-electron chi connectivity index (χ4n) is 5.00. The zero-order valence-corrected chi connectivity index (χ0v) is 24.7. The fraction of sp³-hybridized carbons (Fsp3) is 0.344. The third-order valence-electron chi connectivity index (χ3n) is 7.75. The van der Waals surface area contributed by atoms with Crippen molar-refractivity contribution in [1.82, 2.24) is 30.9 Å². The summed E-state index contributed by atoms with van der Waals surface area (Å²) in [6.45, 7) is 3.67. The number of aliphatic carboxylic acids is 1. The third-order valence-corrected chi connectivity index (χ3v) is 7.75. The van der Waals surface area contributed by atoms with Gasteiger partial charge < -0.3 is 36.8 Å².